The van der Waals surface area contributed by atoms with E-state index in [9.17, 15) is 5.11 Å². The molecular weight excluding hydrogens is 595 g/mol. The SMILES string of the molecule is C[C@H]1CC[C@@]2(OC1)O[C@H]1C[C@H]3[C@@H]4CC[C@@H]5C[C@@](O)(C#Cc6ccc(I)cc6)CC[C@]5(C)[C@H]4CC[C@]3(C)[C@H]1[C@@H]2C. The van der Waals surface area contributed by atoms with Crippen molar-refractivity contribution in [2.24, 2.45) is 52.3 Å². The molecule has 1 spiro atoms. The second-order valence-corrected chi connectivity index (χ2v) is 16.4. The molecule has 2 heterocycles. The summed E-state index contributed by atoms with van der Waals surface area (Å²) in [6.07, 6.45) is 11.9. The number of ether oxygens (including phenoxy) is 2. The molecule has 0 aromatic heterocycles. The standard InChI is InChI=1S/C35H47IO3/c1-22-11-16-35(38-21-22)23(2)31-30(39-35)19-29-27-10-7-25-20-34(37,15-12-24-5-8-26(36)9-6-24)18-17-32(25,3)28(27)13-14-33(29,31)4/h5-6,8-9,22-23,25,27-31,37H,7,10-11,13-14,16-21H2,1-4H3/t22-,23-,25+,27+,28-,29-,30-,31-,32-,33-,34+,35+/m0/s1. The van der Waals surface area contributed by atoms with Crippen LogP contribution in [0.4, 0.5) is 0 Å². The molecule has 212 valence electrons. The van der Waals surface area contributed by atoms with Crippen LogP contribution in [0.2, 0.25) is 0 Å². The summed E-state index contributed by atoms with van der Waals surface area (Å²) in [4.78, 5) is 0. The van der Waals surface area contributed by atoms with E-state index in [1.807, 2.05) is 0 Å². The van der Waals surface area contributed by atoms with Crippen molar-refractivity contribution < 1.29 is 14.6 Å². The van der Waals surface area contributed by atoms with Gasteiger partial charge in [0.15, 0.2) is 5.79 Å². The summed E-state index contributed by atoms with van der Waals surface area (Å²) in [5.41, 5.74) is 0.863. The topological polar surface area (TPSA) is 38.7 Å². The molecule has 1 aromatic carbocycles. The summed E-state index contributed by atoms with van der Waals surface area (Å²) in [6.45, 7) is 10.8. The Morgan fingerprint density at radius 3 is 2.46 bits per heavy atom. The number of hydrogen-bond donors (Lipinski definition) is 1. The number of fused-ring (bicyclic) bond motifs is 7. The highest BCUT2D eigenvalue weighted by atomic mass is 127. The summed E-state index contributed by atoms with van der Waals surface area (Å²) in [7, 11) is 0. The molecule has 7 rings (SSSR count). The lowest BCUT2D eigenvalue weighted by Crippen LogP contribution is -2.56. The third-order valence-corrected chi connectivity index (χ3v) is 14.0. The van der Waals surface area contributed by atoms with Gasteiger partial charge in [0.25, 0.3) is 0 Å². The molecule has 0 bridgehead atoms. The van der Waals surface area contributed by atoms with Crippen molar-refractivity contribution in [2.75, 3.05) is 6.61 Å². The molecule has 12 atom stereocenters. The highest BCUT2D eigenvalue weighted by Crippen LogP contribution is 2.71. The molecule has 2 saturated heterocycles. The first-order valence-corrected chi connectivity index (χ1v) is 17.0. The van der Waals surface area contributed by atoms with Gasteiger partial charge in [-0.1, -0.05) is 39.5 Å². The minimum Gasteiger partial charge on any atom is -0.378 e. The van der Waals surface area contributed by atoms with Gasteiger partial charge in [-0.3, -0.25) is 0 Å². The van der Waals surface area contributed by atoms with E-state index in [1.165, 1.54) is 42.1 Å². The minimum absolute atomic E-state index is 0.316. The molecule has 3 nitrogen and oxygen atoms in total. The molecule has 4 heteroatoms. The van der Waals surface area contributed by atoms with Crippen molar-refractivity contribution in [3.63, 3.8) is 0 Å². The van der Waals surface area contributed by atoms with Gasteiger partial charge in [0.05, 0.1) is 12.7 Å². The van der Waals surface area contributed by atoms with Crippen LogP contribution in [-0.4, -0.2) is 29.2 Å². The zero-order valence-electron chi connectivity index (χ0n) is 24.3. The molecule has 39 heavy (non-hydrogen) atoms. The molecule has 0 amide bonds. The van der Waals surface area contributed by atoms with E-state index in [4.69, 9.17) is 9.47 Å². The third-order valence-electron chi connectivity index (χ3n) is 13.3. The minimum atomic E-state index is -0.845. The lowest BCUT2D eigenvalue weighted by molar-refractivity contribution is -0.273. The average Bonchev–Trinajstić information content (AvgIpc) is 3.36. The van der Waals surface area contributed by atoms with Gasteiger partial charge in [-0.15, -0.1) is 0 Å². The Morgan fingerprint density at radius 2 is 1.72 bits per heavy atom. The maximum Gasteiger partial charge on any atom is 0.171 e. The van der Waals surface area contributed by atoms with Crippen molar-refractivity contribution in [3.8, 4) is 11.8 Å². The lowest BCUT2D eigenvalue weighted by Gasteiger charge is -2.62. The van der Waals surface area contributed by atoms with Gasteiger partial charge in [0.1, 0.15) is 5.60 Å². The summed E-state index contributed by atoms with van der Waals surface area (Å²) in [6, 6.07) is 8.32. The van der Waals surface area contributed by atoms with Crippen molar-refractivity contribution in [1.82, 2.24) is 0 Å². The maximum atomic E-state index is 11.6. The fraction of sp³-hybridized carbons (Fsp3) is 0.771. The molecule has 6 fully saturated rings. The molecule has 0 unspecified atom stereocenters. The average molecular weight is 643 g/mol. The van der Waals surface area contributed by atoms with E-state index in [2.05, 4.69) is 86.4 Å². The molecular formula is C35H47IO3. The van der Waals surface area contributed by atoms with Crippen LogP contribution in [0, 0.1) is 67.7 Å². The molecule has 4 aliphatic carbocycles. The van der Waals surface area contributed by atoms with E-state index < -0.39 is 5.60 Å². The van der Waals surface area contributed by atoms with Crippen molar-refractivity contribution in [3.05, 3.63) is 33.4 Å². The van der Waals surface area contributed by atoms with Crippen molar-refractivity contribution in [2.45, 2.75) is 109 Å². The van der Waals surface area contributed by atoms with E-state index in [0.29, 0.717) is 40.6 Å². The smallest absolute Gasteiger partial charge is 0.171 e. The van der Waals surface area contributed by atoms with Gasteiger partial charge in [0.2, 0.25) is 0 Å². The van der Waals surface area contributed by atoms with E-state index >= 15 is 0 Å². The molecule has 2 aliphatic heterocycles. The van der Waals surface area contributed by atoms with Crippen LogP contribution >= 0.6 is 22.6 Å². The summed E-state index contributed by atoms with van der Waals surface area (Å²) >= 11 is 2.33. The van der Waals surface area contributed by atoms with Crippen LogP contribution in [0.25, 0.3) is 0 Å². The summed E-state index contributed by atoms with van der Waals surface area (Å²) in [5.74, 6) is 11.0. The van der Waals surface area contributed by atoms with E-state index in [0.717, 1.165) is 55.6 Å². The second-order valence-electron chi connectivity index (χ2n) is 15.2. The highest BCUT2D eigenvalue weighted by molar-refractivity contribution is 14.1. The van der Waals surface area contributed by atoms with Crippen molar-refractivity contribution in [1.29, 1.82) is 0 Å². The van der Waals surface area contributed by atoms with E-state index in [1.54, 1.807) is 0 Å². The zero-order valence-corrected chi connectivity index (χ0v) is 26.5. The quantitative estimate of drug-likeness (QED) is 0.232. The molecule has 1 N–H and O–H groups in total. The van der Waals surface area contributed by atoms with Crippen LogP contribution in [0.3, 0.4) is 0 Å². The number of aliphatic hydroxyl groups is 1. The van der Waals surface area contributed by atoms with Crippen LogP contribution in [0.5, 0.6) is 0 Å². The molecule has 6 aliphatic rings. The van der Waals surface area contributed by atoms with Gasteiger partial charge in [-0.2, -0.15) is 0 Å². The predicted molar refractivity (Wildman–Crippen MR) is 163 cm³/mol. The molecule has 0 radical (unpaired) electrons. The van der Waals surface area contributed by atoms with Gasteiger partial charge in [0, 0.05) is 21.5 Å². The fourth-order valence-electron chi connectivity index (χ4n) is 11.1. The Hall–Kier alpha value is -0.610. The Bertz CT molecular complexity index is 1160. The van der Waals surface area contributed by atoms with E-state index in [-0.39, 0.29) is 5.79 Å². The second kappa shape index (κ2) is 9.45. The molecule has 4 saturated carbocycles. The fourth-order valence-corrected chi connectivity index (χ4v) is 11.5. The predicted octanol–water partition coefficient (Wildman–Crippen LogP) is 7.82. The summed E-state index contributed by atoms with van der Waals surface area (Å²) < 4.78 is 14.7. The normalized spacial score (nSPS) is 52.3. The Kier molecular flexibility index (Phi) is 6.60. The number of halogens is 1. The third kappa shape index (κ3) is 4.22. The van der Waals surface area contributed by atoms with Crippen LogP contribution in [0.1, 0.15) is 97.5 Å². The zero-order chi connectivity index (χ0) is 27.2. The van der Waals surface area contributed by atoms with Crippen molar-refractivity contribution >= 4 is 22.6 Å². The number of rotatable bonds is 0. The van der Waals surface area contributed by atoms with Gasteiger partial charge >= 0.3 is 0 Å². The van der Waals surface area contributed by atoms with Crippen LogP contribution < -0.4 is 0 Å². The van der Waals surface area contributed by atoms with Crippen LogP contribution in [-0.2, 0) is 9.47 Å². The first-order valence-electron chi connectivity index (χ1n) is 15.9. The van der Waals surface area contributed by atoms with Crippen LogP contribution in [0.15, 0.2) is 24.3 Å². The number of hydrogen-bond acceptors (Lipinski definition) is 3. The lowest BCUT2D eigenvalue weighted by atomic mass is 9.43. The molecule has 1 aromatic rings. The largest absolute Gasteiger partial charge is 0.378 e. The van der Waals surface area contributed by atoms with Gasteiger partial charge in [-0.05, 0) is 151 Å². The first kappa shape index (κ1) is 27.2. The monoisotopic (exact) mass is 642 g/mol. The summed E-state index contributed by atoms with van der Waals surface area (Å²) in [5, 5.41) is 11.6. The Labute approximate surface area is 249 Å². The first-order chi connectivity index (χ1) is 18.6. The maximum absolute atomic E-state index is 11.6. The van der Waals surface area contributed by atoms with Gasteiger partial charge in [-0.25, -0.2) is 0 Å². The Morgan fingerprint density at radius 1 is 0.923 bits per heavy atom. The Balaban J connectivity index is 1.08. The number of benzene rings is 1. The van der Waals surface area contributed by atoms with Gasteiger partial charge < -0.3 is 14.6 Å². The highest BCUT2D eigenvalue weighted by Gasteiger charge is 2.69.